The fourth-order valence-electron chi connectivity index (χ4n) is 6.71. The van der Waals surface area contributed by atoms with Crippen molar-refractivity contribution in [2.45, 2.75) is 103 Å². The number of carbonyl (C=O) groups excluding carboxylic acids is 1. The summed E-state index contributed by atoms with van der Waals surface area (Å²) in [6, 6.07) is 19.0. The van der Waals surface area contributed by atoms with Crippen LogP contribution in [0.5, 0.6) is 5.75 Å². The van der Waals surface area contributed by atoms with Gasteiger partial charge in [0.2, 0.25) is 0 Å². The highest BCUT2D eigenvalue weighted by atomic mass is 16.6. The first-order valence-electron chi connectivity index (χ1n) is 14.6. The standard InChI is InChI=1S/C33H48N2O4/c1-7-25(2)21-32(27-11-9-8-10-12-27)17-19-33(20-18-32)24-34(22-26-13-15-28(38-6)16-14-26)30(37)35(33)23-29(36)39-31(3,4)5/h8-16,25,30,37H,7,17-24H2,1-6H3. The molecule has 0 radical (unpaired) electrons. The lowest BCUT2D eigenvalue weighted by atomic mass is 9.60. The van der Waals surface area contributed by atoms with E-state index < -0.39 is 12.0 Å². The van der Waals surface area contributed by atoms with E-state index in [0.29, 0.717) is 12.5 Å². The molecule has 1 N–H and O–H groups in total. The third-order valence-corrected chi connectivity index (χ3v) is 8.94. The van der Waals surface area contributed by atoms with Crippen LogP contribution in [0.15, 0.2) is 54.6 Å². The van der Waals surface area contributed by atoms with E-state index in [0.717, 1.165) is 50.0 Å². The maximum absolute atomic E-state index is 13.0. The van der Waals surface area contributed by atoms with Crippen LogP contribution < -0.4 is 4.74 Å². The summed E-state index contributed by atoms with van der Waals surface area (Å²) >= 11 is 0. The molecule has 1 aliphatic heterocycles. The Hall–Kier alpha value is -2.41. The van der Waals surface area contributed by atoms with Gasteiger partial charge in [0.25, 0.3) is 0 Å². The molecular formula is C33H48N2O4. The number of carbonyl (C=O) groups is 1. The molecule has 0 aromatic heterocycles. The fraction of sp³-hybridized carbons (Fsp3) is 0.606. The number of benzene rings is 2. The van der Waals surface area contributed by atoms with Crippen LogP contribution in [0.1, 0.15) is 84.3 Å². The summed E-state index contributed by atoms with van der Waals surface area (Å²) in [5.74, 6) is 1.17. The zero-order valence-corrected chi connectivity index (χ0v) is 24.8. The summed E-state index contributed by atoms with van der Waals surface area (Å²) in [7, 11) is 1.66. The van der Waals surface area contributed by atoms with Crippen molar-refractivity contribution in [3.05, 3.63) is 65.7 Å². The number of ether oxygens (including phenoxy) is 2. The van der Waals surface area contributed by atoms with E-state index in [4.69, 9.17) is 9.47 Å². The highest BCUT2D eigenvalue weighted by Crippen LogP contribution is 2.51. The van der Waals surface area contributed by atoms with Crippen LogP contribution >= 0.6 is 0 Å². The van der Waals surface area contributed by atoms with E-state index in [-0.39, 0.29) is 23.5 Å². The number of aliphatic hydroxyl groups excluding tert-OH is 1. The lowest BCUT2D eigenvalue weighted by Crippen LogP contribution is -2.55. The van der Waals surface area contributed by atoms with Gasteiger partial charge in [-0.15, -0.1) is 0 Å². The molecule has 2 unspecified atom stereocenters. The van der Waals surface area contributed by atoms with Crippen molar-refractivity contribution in [2.75, 3.05) is 20.2 Å². The Morgan fingerprint density at radius 2 is 1.69 bits per heavy atom. The molecule has 4 rings (SSSR count). The number of aliphatic hydroxyl groups is 1. The minimum absolute atomic E-state index is 0.0846. The number of esters is 1. The van der Waals surface area contributed by atoms with E-state index in [1.54, 1.807) is 7.11 Å². The molecule has 6 heteroatoms. The van der Waals surface area contributed by atoms with Gasteiger partial charge in [0.15, 0.2) is 6.35 Å². The first kappa shape index (κ1) is 29.6. The third-order valence-electron chi connectivity index (χ3n) is 8.94. The lowest BCUT2D eigenvalue weighted by molar-refractivity contribution is -0.164. The van der Waals surface area contributed by atoms with E-state index in [1.807, 2.05) is 49.9 Å². The molecule has 0 amide bonds. The topological polar surface area (TPSA) is 62.2 Å². The Morgan fingerprint density at radius 1 is 1.05 bits per heavy atom. The van der Waals surface area contributed by atoms with Crippen LogP contribution in [0.25, 0.3) is 0 Å². The predicted molar refractivity (Wildman–Crippen MR) is 155 cm³/mol. The maximum Gasteiger partial charge on any atom is 0.320 e. The lowest BCUT2D eigenvalue weighted by Gasteiger charge is -2.49. The Bertz CT molecular complexity index is 1070. The third kappa shape index (κ3) is 6.85. The molecule has 2 aromatic rings. The molecule has 0 bridgehead atoms. The quantitative estimate of drug-likeness (QED) is 0.390. The highest BCUT2D eigenvalue weighted by Gasteiger charge is 2.54. The molecule has 1 spiro atoms. The van der Waals surface area contributed by atoms with Gasteiger partial charge >= 0.3 is 5.97 Å². The summed E-state index contributed by atoms with van der Waals surface area (Å²) in [4.78, 5) is 17.2. The van der Waals surface area contributed by atoms with Gasteiger partial charge in [-0.05, 0) is 87.5 Å². The molecule has 2 aliphatic rings. The summed E-state index contributed by atoms with van der Waals surface area (Å²) < 4.78 is 11.0. The summed E-state index contributed by atoms with van der Waals surface area (Å²) in [5, 5.41) is 11.6. The molecule has 1 aliphatic carbocycles. The van der Waals surface area contributed by atoms with Crippen LogP contribution in [0.4, 0.5) is 0 Å². The van der Waals surface area contributed by atoms with Gasteiger partial charge in [-0.1, -0.05) is 62.7 Å². The number of hydrogen-bond acceptors (Lipinski definition) is 6. The minimum atomic E-state index is -0.849. The van der Waals surface area contributed by atoms with Crippen molar-refractivity contribution >= 4 is 5.97 Å². The van der Waals surface area contributed by atoms with Crippen LogP contribution in [-0.2, 0) is 21.5 Å². The van der Waals surface area contributed by atoms with Crippen LogP contribution in [0.3, 0.4) is 0 Å². The van der Waals surface area contributed by atoms with Crippen molar-refractivity contribution in [3.63, 3.8) is 0 Å². The van der Waals surface area contributed by atoms with E-state index in [2.05, 4.69) is 49.1 Å². The molecule has 1 heterocycles. The Balaban J connectivity index is 1.60. The van der Waals surface area contributed by atoms with Gasteiger partial charge in [-0.3, -0.25) is 9.69 Å². The number of rotatable bonds is 9. The molecule has 6 nitrogen and oxygen atoms in total. The molecule has 214 valence electrons. The first-order valence-corrected chi connectivity index (χ1v) is 14.6. The summed E-state index contributed by atoms with van der Waals surface area (Å²) in [5.41, 5.74) is 1.80. The van der Waals surface area contributed by atoms with E-state index >= 15 is 0 Å². The Labute approximate surface area is 235 Å². The molecular weight excluding hydrogens is 488 g/mol. The van der Waals surface area contributed by atoms with Crippen molar-refractivity contribution in [2.24, 2.45) is 5.92 Å². The van der Waals surface area contributed by atoms with E-state index in [9.17, 15) is 9.90 Å². The monoisotopic (exact) mass is 536 g/mol. The van der Waals surface area contributed by atoms with Gasteiger partial charge < -0.3 is 14.6 Å². The SMILES string of the molecule is CCC(C)CC1(c2ccccc2)CCC2(CC1)CN(Cc1ccc(OC)cc1)C(O)N2CC(=O)OC(C)(C)C. The Morgan fingerprint density at radius 3 is 2.26 bits per heavy atom. The van der Waals surface area contributed by atoms with Crippen molar-refractivity contribution in [3.8, 4) is 5.75 Å². The van der Waals surface area contributed by atoms with Gasteiger partial charge in [0, 0.05) is 18.6 Å². The Kier molecular flexibility index (Phi) is 9.09. The molecule has 1 saturated heterocycles. The number of nitrogens with zero attached hydrogens (tertiary/aromatic N) is 2. The second-order valence-electron chi connectivity index (χ2n) is 12.9. The second-order valence-corrected chi connectivity index (χ2v) is 12.9. The van der Waals surface area contributed by atoms with Crippen LogP contribution in [-0.4, -0.2) is 58.6 Å². The van der Waals surface area contributed by atoms with Gasteiger partial charge in [0.1, 0.15) is 17.9 Å². The smallest absolute Gasteiger partial charge is 0.320 e. The van der Waals surface area contributed by atoms with Gasteiger partial charge in [-0.2, -0.15) is 0 Å². The molecule has 2 fully saturated rings. The van der Waals surface area contributed by atoms with Gasteiger partial charge in [-0.25, -0.2) is 4.90 Å². The predicted octanol–water partition coefficient (Wildman–Crippen LogP) is 6.12. The van der Waals surface area contributed by atoms with Crippen LogP contribution in [0.2, 0.25) is 0 Å². The average molecular weight is 537 g/mol. The van der Waals surface area contributed by atoms with Crippen molar-refractivity contribution in [1.82, 2.24) is 9.80 Å². The average Bonchev–Trinajstić information content (AvgIpc) is 3.15. The largest absolute Gasteiger partial charge is 0.497 e. The molecule has 1 saturated carbocycles. The molecule has 2 atom stereocenters. The van der Waals surface area contributed by atoms with Crippen molar-refractivity contribution < 1.29 is 19.4 Å². The zero-order valence-electron chi connectivity index (χ0n) is 24.8. The normalized spacial score (nSPS) is 27.0. The number of hydrogen-bond donors (Lipinski definition) is 1. The maximum atomic E-state index is 13.0. The van der Waals surface area contributed by atoms with Gasteiger partial charge in [0.05, 0.1) is 7.11 Å². The van der Waals surface area contributed by atoms with Crippen molar-refractivity contribution in [1.29, 1.82) is 0 Å². The van der Waals surface area contributed by atoms with E-state index in [1.165, 1.54) is 12.0 Å². The minimum Gasteiger partial charge on any atom is -0.497 e. The fourth-order valence-corrected chi connectivity index (χ4v) is 6.71. The van der Waals surface area contributed by atoms with Crippen LogP contribution in [0, 0.1) is 5.92 Å². The first-order chi connectivity index (χ1) is 18.5. The summed E-state index contributed by atoms with van der Waals surface area (Å²) in [6.45, 7) is 11.7. The molecule has 2 aromatic carbocycles. The highest BCUT2D eigenvalue weighted by molar-refractivity contribution is 5.72. The number of methoxy groups -OCH3 is 1. The zero-order chi connectivity index (χ0) is 28.3. The molecule has 39 heavy (non-hydrogen) atoms. The second kappa shape index (κ2) is 12.0. The summed E-state index contributed by atoms with van der Waals surface area (Å²) in [6.07, 6.45) is 5.41.